The van der Waals surface area contributed by atoms with E-state index in [2.05, 4.69) is 0 Å². The molecule has 0 aromatic rings. The topological polar surface area (TPSA) is 46.3 Å². The molecule has 1 saturated carbocycles. The number of piperidine rings is 1. The van der Waals surface area contributed by atoms with Crippen molar-refractivity contribution in [2.24, 2.45) is 11.7 Å². The molecular formula is C7H12N2O. The normalized spacial score (nSPS) is 43.4. The van der Waals surface area contributed by atoms with Gasteiger partial charge in [0.25, 0.3) is 0 Å². The third-order valence-corrected chi connectivity index (χ3v) is 2.65. The van der Waals surface area contributed by atoms with Gasteiger partial charge in [-0.1, -0.05) is 0 Å². The van der Waals surface area contributed by atoms with Crippen LogP contribution in [0.4, 0.5) is 0 Å². The number of carbonyl (C=O) groups is 1. The molecule has 1 amide bonds. The van der Waals surface area contributed by atoms with Crippen LogP contribution in [0.5, 0.6) is 0 Å². The second-order valence-corrected chi connectivity index (χ2v) is 3.53. The van der Waals surface area contributed by atoms with E-state index in [1.165, 1.54) is 0 Å². The van der Waals surface area contributed by atoms with E-state index in [-0.39, 0.29) is 11.4 Å². The zero-order chi connectivity index (χ0) is 7.35. The molecule has 2 N–H and O–H groups in total. The molecule has 2 aliphatic rings. The van der Waals surface area contributed by atoms with E-state index in [0.717, 1.165) is 19.5 Å². The molecule has 56 valence electrons. The van der Waals surface area contributed by atoms with Gasteiger partial charge in [0.2, 0.25) is 5.91 Å². The number of fused-ring (bicyclic) bond motifs is 1. The Bertz CT molecular complexity index is 192. The van der Waals surface area contributed by atoms with Crippen LogP contribution < -0.4 is 5.73 Å². The molecule has 0 bridgehead atoms. The Morgan fingerprint density at radius 3 is 2.80 bits per heavy atom. The maximum Gasteiger partial charge on any atom is 0.219 e. The highest BCUT2D eigenvalue weighted by Crippen LogP contribution is 2.46. The van der Waals surface area contributed by atoms with Crippen molar-refractivity contribution in [3.8, 4) is 0 Å². The van der Waals surface area contributed by atoms with Gasteiger partial charge in [0.1, 0.15) is 0 Å². The number of amides is 1. The van der Waals surface area contributed by atoms with Crippen molar-refractivity contribution in [2.75, 3.05) is 13.1 Å². The largest absolute Gasteiger partial charge is 0.341 e. The van der Waals surface area contributed by atoms with E-state index in [9.17, 15) is 4.79 Å². The maximum absolute atomic E-state index is 10.8. The SMILES string of the molecule is CC(=O)N1C[C@H]2C[C@]2(N)C1. The summed E-state index contributed by atoms with van der Waals surface area (Å²) >= 11 is 0. The van der Waals surface area contributed by atoms with Gasteiger partial charge < -0.3 is 10.6 Å². The lowest BCUT2D eigenvalue weighted by molar-refractivity contribution is -0.128. The van der Waals surface area contributed by atoms with Crippen LogP contribution in [0.25, 0.3) is 0 Å². The van der Waals surface area contributed by atoms with Crippen LogP contribution in [0.2, 0.25) is 0 Å². The van der Waals surface area contributed by atoms with Crippen LogP contribution >= 0.6 is 0 Å². The quantitative estimate of drug-likeness (QED) is 0.496. The number of likely N-dealkylation sites (tertiary alicyclic amines) is 1. The van der Waals surface area contributed by atoms with Crippen LogP contribution in [0.3, 0.4) is 0 Å². The van der Waals surface area contributed by atoms with Gasteiger partial charge in [-0.15, -0.1) is 0 Å². The molecular weight excluding hydrogens is 128 g/mol. The fourth-order valence-corrected chi connectivity index (χ4v) is 1.77. The fraction of sp³-hybridized carbons (Fsp3) is 0.857. The Labute approximate surface area is 60.2 Å². The van der Waals surface area contributed by atoms with Crippen molar-refractivity contribution in [2.45, 2.75) is 18.9 Å². The first-order valence-corrected chi connectivity index (χ1v) is 3.66. The van der Waals surface area contributed by atoms with E-state index in [1.54, 1.807) is 6.92 Å². The average molecular weight is 140 g/mol. The zero-order valence-electron chi connectivity index (χ0n) is 6.13. The second kappa shape index (κ2) is 1.53. The summed E-state index contributed by atoms with van der Waals surface area (Å²) in [5.41, 5.74) is 5.91. The zero-order valence-corrected chi connectivity index (χ0v) is 6.13. The van der Waals surface area contributed by atoms with Gasteiger partial charge in [0, 0.05) is 25.6 Å². The summed E-state index contributed by atoms with van der Waals surface area (Å²) in [5.74, 6) is 0.772. The lowest BCUT2D eigenvalue weighted by Gasteiger charge is -2.16. The predicted molar refractivity (Wildman–Crippen MR) is 37.3 cm³/mol. The summed E-state index contributed by atoms with van der Waals surface area (Å²) in [5, 5.41) is 0. The third kappa shape index (κ3) is 0.669. The molecule has 10 heavy (non-hydrogen) atoms. The first kappa shape index (κ1) is 6.16. The highest BCUT2D eigenvalue weighted by molar-refractivity contribution is 5.74. The summed E-state index contributed by atoms with van der Waals surface area (Å²) in [7, 11) is 0. The van der Waals surface area contributed by atoms with Crippen molar-refractivity contribution in [1.29, 1.82) is 0 Å². The minimum absolute atomic E-state index is 0.0195. The number of nitrogens with zero attached hydrogens (tertiary/aromatic N) is 1. The predicted octanol–water partition coefficient (Wildman–Crippen LogP) is -0.434. The molecule has 2 fully saturated rings. The number of nitrogens with two attached hydrogens (primary N) is 1. The Kier molecular flexibility index (Phi) is 0.944. The summed E-state index contributed by atoms with van der Waals surface area (Å²) in [6, 6.07) is 0. The molecule has 2 atom stereocenters. The van der Waals surface area contributed by atoms with Crippen LogP contribution in [-0.4, -0.2) is 29.4 Å². The summed E-state index contributed by atoms with van der Waals surface area (Å²) in [4.78, 5) is 12.7. The van der Waals surface area contributed by atoms with Crippen molar-refractivity contribution in [3.63, 3.8) is 0 Å². The lowest BCUT2D eigenvalue weighted by atomic mass is 10.3. The number of hydrogen-bond donors (Lipinski definition) is 1. The minimum atomic E-state index is 0.0195. The number of rotatable bonds is 0. The van der Waals surface area contributed by atoms with Crippen LogP contribution in [0, 0.1) is 5.92 Å². The van der Waals surface area contributed by atoms with E-state index >= 15 is 0 Å². The Balaban J connectivity index is 2.04. The van der Waals surface area contributed by atoms with Crippen LogP contribution in [0.15, 0.2) is 0 Å². The monoisotopic (exact) mass is 140 g/mol. The molecule has 1 aliphatic carbocycles. The smallest absolute Gasteiger partial charge is 0.219 e. The van der Waals surface area contributed by atoms with Crippen LogP contribution in [-0.2, 0) is 4.79 Å². The first-order valence-electron chi connectivity index (χ1n) is 3.66. The van der Waals surface area contributed by atoms with E-state index in [4.69, 9.17) is 5.73 Å². The van der Waals surface area contributed by atoms with Crippen molar-refractivity contribution in [1.82, 2.24) is 4.90 Å². The van der Waals surface area contributed by atoms with Crippen molar-refractivity contribution in [3.05, 3.63) is 0 Å². The fourth-order valence-electron chi connectivity index (χ4n) is 1.77. The standard InChI is InChI=1S/C7H12N2O/c1-5(10)9-3-6-2-7(6,8)4-9/h6H,2-4,8H2,1H3/t6-,7+/m1/s1. The Morgan fingerprint density at radius 1 is 1.80 bits per heavy atom. The summed E-state index contributed by atoms with van der Waals surface area (Å²) < 4.78 is 0. The van der Waals surface area contributed by atoms with Gasteiger partial charge in [-0.2, -0.15) is 0 Å². The number of hydrogen-bond acceptors (Lipinski definition) is 2. The Hall–Kier alpha value is -0.570. The van der Waals surface area contributed by atoms with Crippen LogP contribution in [0.1, 0.15) is 13.3 Å². The second-order valence-electron chi connectivity index (χ2n) is 3.53. The van der Waals surface area contributed by atoms with E-state index in [0.29, 0.717) is 5.92 Å². The number of carbonyl (C=O) groups excluding carboxylic acids is 1. The highest BCUT2D eigenvalue weighted by Gasteiger charge is 2.57. The Morgan fingerprint density at radius 2 is 2.50 bits per heavy atom. The van der Waals surface area contributed by atoms with Gasteiger partial charge in [-0.05, 0) is 12.3 Å². The van der Waals surface area contributed by atoms with Gasteiger partial charge in [-0.3, -0.25) is 4.79 Å². The van der Waals surface area contributed by atoms with Gasteiger partial charge >= 0.3 is 0 Å². The summed E-state index contributed by atoms with van der Waals surface area (Å²) in [6.07, 6.45) is 1.12. The molecule has 3 heteroatoms. The van der Waals surface area contributed by atoms with E-state index < -0.39 is 0 Å². The molecule has 1 heterocycles. The highest BCUT2D eigenvalue weighted by atomic mass is 16.2. The molecule has 3 nitrogen and oxygen atoms in total. The van der Waals surface area contributed by atoms with E-state index in [1.807, 2.05) is 4.90 Å². The maximum atomic E-state index is 10.8. The molecule has 0 aromatic heterocycles. The van der Waals surface area contributed by atoms with Gasteiger partial charge in [-0.25, -0.2) is 0 Å². The molecule has 0 unspecified atom stereocenters. The molecule has 1 saturated heterocycles. The van der Waals surface area contributed by atoms with Gasteiger partial charge in [0.05, 0.1) is 0 Å². The molecule has 1 aliphatic heterocycles. The lowest BCUT2D eigenvalue weighted by Crippen LogP contribution is -2.35. The van der Waals surface area contributed by atoms with Gasteiger partial charge in [0.15, 0.2) is 0 Å². The molecule has 0 spiro atoms. The molecule has 0 aromatic carbocycles. The van der Waals surface area contributed by atoms with Crippen molar-refractivity contribution < 1.29 is 4.79 Å². The molecule has 2 rings (SSSR count). The average Bonchev–Trinajstić information content (AvgIpc) is 2.32. The molecule has 0 radical (unpaired) electrons. The van der Waals surface area contributed by atoms with Crippen molar-refractivity contribution >= 4 is 5.91 Å². The minimum Gasteiger partial charge on any atom is -0.341 e. The summed E-state index contributed by atoms with van der Waals surface area (Å²) in [6.45, 7) is 3.28. The first-order chi connectivity index (χ1) is 4.62. The third-order valence-electron chi connectivity index (χ3n) is 2.65.